The maximum absolute atomic E-state index is 6.89. The lowest BCUT2D eigenvalue weighted by Gasteiger charge is -2.26. The largest absolute Gasteiger partial charge is 0.456 e. The topological polar surface area (TPSA) is 27.8 Å². The van der Waals surface area contributed by atoms with E-state index in [1.165, 1.54) is 20.2 Å². The predicted octanol–water partition coefficient (Wildman–Crippen LogP) is 13.4. The molecule has 14 aromatic rings. The molecule has 0 amide bonds. The Morgan fingerprint density at radius 2 is 0.636 bits per heavy atom. The van der Waals surface area contributed by atoms with Crippen LogP contribution in [-0.2, 0) is 0 Å². The van der Waals surface area contributed by atoms with E-state index < -0.39 is 0 Å². The van der Waals surface area contributed by atoms with Gasteiger partial charge in [-0.25, -0.2) is 0 Å². The first-order valence-electron chi connectivity index (χ1n) is 25.4. The van der Waals surface area contributed by atoms with Gasteiger partial charge in [0.25, 0.3) is 0 Å². The summed E-state index contributed by atoms with van der Waals surface area (Å²) in [7, 11) is 33.3. The van der Waals surface area contributed by atoms with E-state index in [4.69, 9.17) is 43.6 Å². The fourth-order valence-electron chi connectivity index (χ4n) is 11.1. The minimum absolute atomic E-state index is 0.158. The second-order valence-corrected chi connectivity index (χ2v) is 20.3. The van der Waals surface area contributed by atoms with Gasteiger partial charge in [0.2, 0.25) is 0 Å². The quantitative estimate of drug-likeness (QED) is 0.128. The van der Waals surface area contributed by atoms with E-state index in [-0.39, 0.29) is 27.3 Å². The molecular formula is C66H39B5N4OS. The van der Waals surface area contributed by atoms with E-state index >= 15 is 0 Å². The maximum Gasteiger partial charge on any atom is 0.135 e. The summed E-state index contributed by atoms with van der Waals surface area (Å²) in [6, 6.07) is 82.9. The van der Waals surface area contributed by atoms with Crippen LogP contribution in [0.2, 0.25) is 0 Å². The number of anilines is 9. The molecule has 10 radical (unpaired) electrons. The second-order valence-electron chi connectivity index (χ2n) is 19.2. The van der Waals surface area contributed by atoms with Crippen molar-refractivity contribution in [2.45, 2.75) is 0 Å². The summed E-state index contributed by atoms with van der Waals surface area (Å²) in [6.45, 7) is 0. The highest BCUT2D eigenvalue weighted by Crippen LogP contribution is 2.46. The molecule has 14 rings (SSSR count). The molecule has 0 aliphatic carbocycles. The van der Waals surface area contributed by atoms with E-state index in [0.29, 0.717) is 5.69 Å². The van der Waals surface area contributed by atoms with Crippen molar-refractivity contribution in [1.29, 1.82) is 0 Å². The maximum atomic E-state index is 6.89. The van der Waals surface area contributed by atoms with Crippen molar-refractivity contribution >= 4 is 193 Å². The van der Waals surface area contributed by atoms with Crippen LogP contribution in [0.25, 0.3) is 69.6 Å². The number of thiophene rings is 1. The first-order valence-corrected chi connectivity index (χ1v) is 26.2. The summed E-state index contributed by atoms with van der Waals surface area (Å²) in [4.78, 5) is 6.86. The molecule has 350 valence electrons. The van der Waals surface area contributed by atoms with Gasteiger partial charge >= 0.3 is 0 Å². The van der Waals surface area contributed by atoms with Crippen molar-refractivity contribution in [1.82, 2.24) is 4.57 Å². The van der Waals surface area contributed by atoms with Gasteiger partial charge in [0.15, 0.2) is 0 Å². The number of aromatic nitrogens is 1. The lowest BCUT2D eigenvalue weighted by Crippen LogP contribution is -2.56. The molecule has 0 spiro atoms. The zero-order valence-electron chi connectivity index (χ0n) is 41.5. The zero-order valence-corrected chi connectivity index (χ0v) is 42.3. The molecule has 0 saturated carbocycles. The highest BCUT2D eigenvalue weighted by atomic mass is 32.1. The Kier molecular flexibility index (Phi) is 11.3. The molecule has 0 N–H and O–H groups in total. The van der Waals surface area contributed by atoms with E-state index in [2.05, 4.69) is 238 Å². The highest BCUT2D eigenvalue weighted by Gasteiger charge is 2.24. The summed E-state index contributed by atoms with van der Waals surface area (Å²) >= 11 is 1.82. The van der Waals surface area contributed by atoms with Crippen LogP contribution in [0.4, 0.5) is 51.2 Å². The van der Waals surface area contributed by atoms with Crippen molar-refractivity contribution in [3.8, 4) is 5.69 Å². The van der Waals surface area contributed by atoms with Gasteiger partial charge in [-0.1, -0.05) is 108 Å². The Morgan fingerprint density at radius 3 is 1.10 bits per heavy atom. The summed E-state index contributed by atoms with van der Waals surface area (Å²) in [6.07, 6.45) is 0. The van der Waals surface area contributed by atoms with Crippen LogP contribution in [0.5, 0.6) is 0 Å². The SMILES string of the molecule is [B]c1c([B])c([B])c(-n2c3ccc(N(c4ccccc4)c4ccccc4)cc3c3cc(N(c4ccccc4)c4ccc5oc6ccc(N(c7ccccc7)c7ccc8c(c7)sc7ccccc78)cc6c5c4)ccc32)c([B])c1[B]. The summed E-state index contributed by atoms with van der Waals surface area (Å²) < 4.78 is 11.2. The number of rotatable bonds is 10. The Labute approximate surface area is 456 Å². The summed E-state index contributed by atoms with van der Waals surface area (Å²) in [5.74, 6) is 0. The molecule has 0 aliphatic rings. The molecule has 5 nitrogen and oxygen atoms in total. The van der Waals surface area contributed by atoms with Gasteiger partial charge < -0.3 is 23.7 Å². The third-order valence-corrected chi connectivity index (χ3v) is 15.9. The van der Waals surface area contributed by atoms with Crippen LogP contribution in [0, 0.1) is 0 Å². The summed E-state index contributed by atoms with van der Waals surface area (Å²) in [5.41, 5.74) is 13.8. The average Bonchev–Trinajstić information content (AvgIpc) is 4.29. The lowest BCUT2D eigenvalue weighted by atomic mass is 9.61. The Balaban J connectivity index is 0.958. The van der Waals surface area contributed by atoms with E-state index in [9.17, 15) is 0 Å². The van der Waals surface area contributed by atoms with Gasteiger partial charge in [-0.05, 0) is 140 Å². The van der Waals surface area contributed by atoms with Crippen molar-refractivity contribution in [2.24, 2.45) is 0 Å². The van der Waals surface area contributed by atoms with Gasteiger partial charge in [0.05, 0.1) is 11.0 Å². The highest BCUT2D eigenvalue weighted by molar-refractivity contribution is 7.25. The number of furan rings is 1. The molecule has 0 aliphatic heterocycles. The molecule has 3 aromatic heterocycles. The molecule has 0 atom stereocenters. The average molecular weight is 990 g/mol. The third-order valence-electron chi connectivity index (χ3n) is 14.8. The van der Waals surface area contributed by atoms with Gasteiger partial charge in [0.1, 0.15) is 50.4 Å². The van der Waals surface area contributed by atoms with Crippen molar-refractivity contribution in [3.63, 3.8) is 0 Å². The van der Waals surface area contributed by atoms with Crippen LogP contribution in [0.3, 0.4) is 0 Å². The van der Waals surface area contributed by atoms with Crippen LogP contribution >= 0.6 is 11.3 Å². The minimum atomic E-state index is 0.158. The minimum Gasteiger partial charge on any atom is -0.456 e. The van der Waals surface area contributed by atoms with Crippen LogP contribution in [0.15, 0.2) is 241 Å². The van der Waals surface area contributed by atoms with Crippen LogP contribution in [-0.4, -0.2) is 43.8 Å². The molecule has 0 fully saturated rings. The molecule has 0 bridgehead atoms. The Hall–Kier alpha value is -9.04. The van der Waals surface area contributed by atoms with E-state index in [0.717, 1.165) is 94.9 Å². The molecule has 77 heavy (non-hydrogen) atoms. The Morgan fingerprint density at radius 1 is 0.286 bits per heavy atom. The predicted molar refractivity (Wildman–Crippen MR) is 332 cm³/mol. The Bertz CT molecular complexity index is 4530. The zero-order chi connectivity index (χ0) is 51.9. The van der Waals surface area contributed by atoms with Crippen molar-refractivity contribution in [2.75, 3.05) is 14.7 Å². The number of fused-ring (bicyclic) bond motifs is 9. The normalized spacial score (nSPS) is 11.6. The van der Waals surface area contributed by atoms with E-state index in [1.54, 1.807) is 0 Å². The lowest BCUT2D eigenvalue weighted by molar-refractivity contribution is 0.669. The monoisotopic (exact) mass is 990 g/mol. The van der Waals surface area contributed by atoms with Crippen molar-refractivity contribution in [3.05, 3.63) is 237 Å². The van der Waals surface area contributed by atoms with Crippen LogP contribution in [0.1, 0.15) is 0 Å². The fraction of sp³-hybridized carbons (Fsp3) is 0. The first kappa shape index (κ1) is 46.5. The third kappa shape index (κ3) is 7.75. The number of hydrogen-bond donors (Lipinski definition) is 0. The molecule has 3 heterocycles. The molecular weight excluding hydrogens is 951 g/mol. The fourth-order valence-corrected chi connectivity index (χ4v) is 12.3. The summed E-state index contributed by atoms with van der Waals surface area (Å²) in [5, 5.41) is 6.42. The first-order chi connectivity index (χ1) is 37.8. The molecule has 0 saturated heterocycles. The second kappa shape index (κ2) is 18.7. The molecule has 11 heteroatoms. The number of benzene rings is 11. The molecule has 11 aromatic carbocycles. The number of hydrogen-bond acceptors (Lipinski definition) is 5. The van der Waals surface area contributed by atoms with Gasteiger partial charge in [0, 0.05) is 98.6 Å². The van der Waals surface area contributed by atoms with Crippen molar-refractivity contribution < 1.29 is 4.42 Å². The standard InChI is InChI=1S/C66H39B5N4OS/c67-61-62(68)64(70)66(65(71)63(61)69)75-55-31-26-44(72(40-15-5-1-6-16-40)41-17-7-2-8-18-41)35-51(55)52-36-45(27-32-56(52)75)73(42-19-9-3-10-20-42)46-28-33-57-53(37-46)54-38-47(29-34-58(54)76-57)74(43-21-11-4-12-22-43)48-25-30-50-49-23-13-14-24-59(49)77-60(50)39-48/h1-39H. The smallest absolute Gasteiger partial charge is 0.135 e. The van der Waals surface area contributed by atoms with E-state index in [1.807, 2.05) is 29.5 Å². The van der Waals surface area contributed by atoms with Gasteiger partial charge in [-0.2, -0.15) is 0 Å². The van der Waals surface area contributed by atoms with Gasteiger partial charge in [-0.15, -0.1) is 27.7 Å². The molecule has 0 unspecified atom stereocenters. The van der Waals surface area contributed by atoms with Gasteiger partial charge in [-0.3, -0.25) is 0 Å². The number of para-hydroxylation sites is 4. The number of nitrogens with zero attached hydrogens (tertiary/aromatic N) is 4. The van der Waals surface area contributed by atoms with Crippen LogP contribution < -0.4 is 42.0 Å².